The molecule has 0 atom stereocenters. The zero-order valence-corrected chi connectivity index (χ0v) is 19.2. The Morgan fingerprint density at radius 2 is 1.73 bits per heavy atom. The lowest BCUT2D eigenvalue weighted by molar-refractivity contribution is 0.0994. The van der Waals surface area contributed by atoms with Gasteiger partial charge in [0.25, 0.3) is 11.8 Å². The van der Waals surface area contributed by atoms with Gasteiger partial charge in [-0.05, 0) is 45.9 Å². The Hall–Kier alpha value is -4.15. The minimum Gasteiger partial charge on any atom is -0.454 e. The van der Waals surface area contributed by atoms with Gasteiger partial charge in [-0.15, -0.1) is 0 Å². The van der Waals surface area contributed by atoms with Crippen LogP contribution in [0.3, 0.4) is 0 Å². The highest BCUT2D eigenvalue weighted by atomic mass is 16.4. The Bertz CT molecular complexity index is 1320. The van der Waals surface area contributed by atoms with Crippen LogP contribution in [-0.2, 0) is 20.1 Å². The van der Waals surface area contributed by atoms with E-state index in [1.165, 1.54) is 10.9 Å². The number of carbonyl (C=O) groups is 2. The van der Waals surface area contributed by atoms with E-state index in [9.17, 15) is 9.59 Å². The quantitative estimate of drug-likeness (QED) is 0.446. The van der Waals surface area contributed by atoms with Crippen LogP contribution in [0.2, 0.25) is 0 Å². The molecular weight excluding hydrogens is 424 g/mol. The maximum Gasteiger partial charge on any atom is 0.291 e. The highest BCUT2D eigenvalue weighted by molar-refractivity contribution is 6.11. The Balaban J connectivity index is 1.51. The van der Waals surface area contributed by atoms with E-state index in [0.29, 0.717) is 24.5 Å². The van der Waals surface area contributed by atoms with Gasteiger partial charge in [0.2, 0.25) is 0 Å². The highest BCUT2D eigenvalue weighted by Crippen LogP contribution is 2.21. The van der Waals surface area contributed by atoms with Crippen LogP contribution in [0, 0.1) is 20.8 Å². The van der Waals surface area contributed by atoms with Gasteiger partial charge in [-0.1, -0.05) is 0 Å². The first-order chi connectivity index (χ1) is 15.8. The summed E-state index contributed by atoms with van der Waals surface area (Å²) in [5.41, 5.74) is 3.84. The molecule has 0 aromatic carbocycles. The lowest BCUT2D eigenvalue weighted by Crippen LogP contribution is -2.21. The molecule has 4 aromatic heterocycles. The third-order valence-corrected chi connectivity index (χ3v) is 5.38. The molecule has 0 bridgehead atoms. The van der Waals surface area contributed by atoms with Crippen LogP contribution in [0.25, 0.3) is 0 Å². The second-order valence-corrected chi connectivity index (χ2v) is 7.75. The van der Waals surface area contributed by atoms with Gasteiger partial charge in [0.1, 0.15) is 11.5 Å². The molecular formula is C22H26N8O3. The molecule has 0 fully saturated rings. The number of carbonyl (C=O) groups excluding carboxylic acids is 2. The number of rotatable bonds is 7. The molecule has 0 aliphatic carbocycles. The number of nitrogens with one attached hydrogen (secondary N) is 2. The van der Waals surface area contributed by atoms with Crippen molar-refractivity contribution in [3.05, 3.63) is 64.9 Å². The van der Waals surface area contributed by atoms with Crippen LogP contribution in [0.15, 0.2) is 35.0 Å². The SMILES string of the molecule is CCn1ncc(NC(=O)c2ccc(Cn3nc(C)cc3C)o2)c1C(=O)Nc1cnn(C)c1C. The third-order valence-electron chi connectivity index (χ3n) is 5.38. The van der Waals surface area contributed by atoms with Crippen molar-refractivity contribution in [1.82, 2.24) is 29.3 Å². The first-order valence-corrected chi connectivity index (χ1v) is 10.5. The van der Waals surface area contributed by atoms with Crippen LogP contribution in [0.1, 0.15) is 50.8 Å². The Kier molecular flexibility index (Phi) is 5.86. The minimum absolute atomic E-state index is 0.130. The van der Waals surface area contributed by atoms with Crippen molar-refractivity contribution < 1.29 is 14.0 Å². The molecule has 33 heavy (non-hydrogen) atoms. The van der Waals surface area contributed by atoms with Gasteiger partial charge in [-0.3, -0.25) is 23.6 Å². The number of aromatic nitrogens is 6. The summed E-state index contributed by atoms with van der Waals surface area (Å²) in [6, 6.07) is 5.31. The summed E-state index contributed by atoms with van der Waals surface area (Å²) in [4.78, 5) is 25.8. The smallest absolute Gasteiger partial charge is 0.291 e. The van der Waals surface area contributed by atoms with Crippen LogP contribution < -0.4 is 10.6 Å². The topological polar surface area (TPSA) is 125 Å². The third kappa shape index (κ3) is 4.43. The average molecular weight is 451 g/mol. The van der Waals surface area contributed by atoms with E-state index in [2.05, 4.69) is 25.9 Å². The molecule has 4 rings (SSSR count). The molecule has 11 nitrogen and oxygen atoms in total. The Labute approximate surface area is 190 Å². The summed E-state index contributed by atoms with van der Waals surface area (Å²) >= 11 is 0. The van der Waals surface area contributed by atoms with Crippen molar-refractivity contribution in [2.45, 2.75) is 40.8 Å². The molecule has 4 aromatic rings. The van der Waals surface area contributed by atoms with Crippen molar-refractivity contribution in [2.75, 3.05) is 10.6 Å². The molecule has 2 N–H and O–H groups in total. The molecule has 0 radical (unpaired) electrons. The number of nitrogens with zero attached hydrogens (tertiary/aromatic N) is 6. The zero-order valence-electron chi connectivity index (χ0n) is 19.2. The number of hydrogen-bond acceptors (Lipinski definition) is 6. The Morgan fingerprint density at radius 1 is 1.00 bits per heavy atom. The lowest BCUT2D eigenvalue weighted by Gasteiger charge is -2.09. The molecule has 11 heteroatoms. The standard InChI is InChI=1S/C22H26N8O3/c1-6-29-20(22(32)25-17-10-23-28(5)15(17)4)18(11-24-29)26-21(31)19-8-7-16(33-19)12-30-14(3)9-13(2)27-30/h7-11H,6,12H2,1-5H3,(H,25,32)(H,26,31). The van der Waals surface area contributed by atoms with Crippen LogP contribution in [-0.4, -0.2) is 41.2 Å². The summed E-state index contributed by atoms with van der Waals surface area (Å²) in [5.74, 6) is -0.145. The normalized spacial score (nSPS) is 11.1. The first kappa shape index (κ1) is 22.1. The van der Waals surface area contributed by atoms with Crippen LogP contribution in [0.4, 0.5) is 11.4 Å². The Morgan fingerprint density at radius 3 is 2.36 bits per heavy atom. The summed E-state index contributed by atoms with van der Waals surface area (Å²) < 4.78 is 10.7. The molecule has 4 heterocycles. The maximum absolute atomic E-state index is 13.0. The largest absolute Gasteiger partial charge is 0.454 e. The van der Waals surface area contributed by atoms with Gasteiger partial charge < -0.3 is 15.1 Å². The van der Waals surface area contributed by atoms with Gasteiger partial charge >= 0.3 is 0 Å². The van der Waals surface area contributed by atoms with Crippen LogP contribution >= 0.6 is 0 Å². The number of anilines is 2. The zero-order chi connectivity index (χ0) is 23.7. The lowest BCUT2D eigenvalue weighted by atomic mass is 10.3. The second kappa shape index (κ2) is 8.77. The molecule has 0 aliphatic heterocycles. The monoisotopic (exact) mass is 450 g/mol. The van der Waals surface area contributed by atoms with E-state index in [4.69, 9.17) is 4.42 Å². The predicted octanol–water partition coefficient (Wildman–Crippen LogP) is 2.90. The molecule has 0 saturated carbocycles. The van der Waals surface area contributed by atoms with E-state index >= 15 is 0 Å². The summed E-state index contributed by atoms with van der Waals surface area (Å²) in [6.07, 6.45) is 3.03. The van der Waals surface area contributed by atoms with E-state index in [1.807, 2.05) is 38.4 Å². The fourth-order valence-corrected chi connectivity index (χ4v) is 3.51. The average Bonchev–Trinajstić information content (AvgIpc) is 3.54. The molecule has 0 spiro atoms. The van der Waals surface area contributed by atoms with E-state index in [-0.39, 0.29) is 17.1 Å². The molecule has 0 aliphatic rings. The van der Waals surface area contributed by atoms with Gasteiger partial charge in [-0.25, -0.2) is 0 Å². The van der Waals surface area contributed by atoms with Gasteiger partial charge in [-0.2, -0.15) is 15.3 Å². The number of hydrogen-bond donors (Lipinski definition) is 2. The summed E-state index contributed by atoms with van der Waals surface area (Å²) in [5, 5.41) is 18.3. The van der Waals surface area contributed by atoms with Crippen molar-refractivity contribution in [3.8, 4) is 0 Å². The number of aryl methyl sites for hydroxylation is 4. The van der Waals surface area contributed by atoms with Crippen molar-refractivity contribution in [2.24, 2.45) is 7.05 Å². The second-order valence-electron chi connectivity index (χ2n) is 7.75. The first-order valence-electron chi connectivity index (χ1n) is 10.5. The number of furan rings is 1. The van der Waals surface area contributed by atoms with Gasteiger partial charge in [0.15, 0.2) is 5.76 Å². The number of amides is 2. The van der Waals surface area contributed by atoms with Gasteiger partial charge in [0, 0.05) is 19.3 Å². The van der Waals surface area contributed by atoms with E-state index in [0.717, 1.165) is 17.1 Å². The molecule has 2 amide bonds. The summed E-state index contributed by atoms with van der Waals surface area (Å²) in [7, 11) is 1.79. The van der Waals surface area contributed by atoms with E-state index in [1.54, 1.807) is 30.1 Å². The molecule has 0 saturated heterocycles. The fraction of sp³-hybridized carbons (Fsp3) is 0.318. The maximum atomic E-state index is 13.0. The molecule has 0 unspecified atom stereocenters. The van der Waals surface area contributed by atoms with Crippen molar-refractivity contribution in [3.63, 3.8) is 0 Å². The minimum atomic E-state index is -0.475. The molecule has 172 valence electrons. The summed E-state index contributed by atoms with van der Waals surface area (Å²) in [6.45, 7) is 8.47. The predicted molar refractivity (Wildman–Crippen MR) is 121 cm³/mol. The van der Waals surface area contributed by atoms with Crippen molar-refractivity contribution in [1.29, 1.82) is 0 Å². The van der Waals surface area contributed by atoms with Crippen LogP contribution in [0.5, 0.6) is 0 Å². The van der Waals surface area contributed by atoms with Gasteiger partial charge in [0.05, 0.1) is 41.7 Å². The van der Waals surface area contributed by atoms with Crippen molar-refractivity contribution >= 4 is 23.2 Å². The highest BCUT2D eigenvalue weighted by Gasteiger charge is 2.22. The van der Waals surface area contributed by atoms with E-state index < -0.39 is 11.8 Å². The fourth-order valence-electron chi connectivity index (χ4n) is 3.51.